The molecule has 1 saturated heterocycles. The Labute approximate surface area is 262 Å². The molecule has 0 aliphatic carbocycles. The third-order valence-corrected chi connectivity index (χ3v) is 9.13. The van der Waals surface area contributed by atoms with E-state index < -0.39 is 0 Å². The van der Waals surface area contributed by atoms with E-state index in [-0.39, 0.29) is 5.91 Å². The minimum absolute atomic E-state index is 0.0262. The zero-order chi connectivity index (χ0) is 29.5. The number of benzene rings is 3. The van der Waals surface area contributed by atoms with Gasteiger partial charge in [-0.2, -0.15) is 5.10 Å². The van der Waals surface area contributed by atoms with E-state index in [4.69, 9.17) is 33.7 Å². The molecule has 0 N–H and O–H groups in total. The van der Waals surface area contributed by atoms with Crippen molar-refractivity contribution in [3.8, 4) is 22.7 Å². The Morgan fingerprint density at radius 3 is 2.48 bits per heavy atom. The topological polar surface area (TPSA) is 47.4 Å². The lowest BCUT2D eigenvalue weighted by Gasteiger charge is -2.21. The van der Waals surface area contributed by atoms with Crippen LogP contribution >= 0.6 is 35.6 Å². The van der Waals surface area contributed by atoms with Gasteiger partial charge in [-0.3, -0.25) is 9.69 Å². The van der Waals surface area contributed by atoms with Crippen LogP contribution < -0.4 is 4.74 Å². The Balaban J connectivity index is 1.41. The maximum Gasteiger partial charge on any atom is 0.266 e. The number of thiocarbonyl (C=S) groups is 1. The normalized spacial score (nSPS) is 15.0. The lowest BCUT2D eigenvalue weighted by atomic mass is 9.99. The first-order valence-corrected chi connectivity index (χ1v) is 15.9. The summed E-state index contributed by atoms with van der Waals surface area (Å²) < 4.78 is 8.46. The van der Waals surface area contributed by atoms with Crippen LogP contribution in [0.3, 0.4) is 0 Å². The van der Waals surface area contributed by atoms with Gasteiger partial charge in [0, 0.05) is 34.5 Å². The van der Waals surface area contributed by atoms with Crippen LogP contribution in [0.1, 0.15) is 50.7 Å². The number of hydrogen-bond acceptors (Lipinski definition) is 5. The van der Waals surface area contributed by atoms with E-state index in [1.165, 1.54) is 11.8 Å². The zero-order valence-corrected chi connectivity index (χ0v) is 26.2. The summed E-state index contributed by atoms with van der Waals surface area (Å²) in [5, 5.41) is 5.62. The number of rotatable bonds is 12. The Morgan fingerprint density at radius 2 is 1.76 bits per heavy atom. The predicted molar refractivity (Wildman–Crippen MR) is 178 cm³/mol. The molecule has 1 aliphatic rings. The summed E-state index contributed by atoms with van der Waals surface area (Å²) in [5.41, 5.74) is 4.41. The summed E-state index contributed by atoms with van der Waals surface area (Å²) in [6, 6.07) is 25.4. The van der Waals surface area contributed by atoms with E-state index in [0.29, 0.717) is 33.3 Å². The molecule has 1 aliphatic heterocycles. The quantitative estimate of drug-likeness (QED) is 0.117. The largest absolute Gasteiger partial charge is 0.489 e. The summed E-state index contributed by atoms with van der Waals surface area (Å²) in [6.45, 7) is 5.44. The first-order valence-electron chi connectivity index (χ1n) is 14.3. The van der Waals surface area contributed by atoms with Crippen molar-refractivity contribution in [2.45, 2.75) is 46.1 Å². The van der Waals surface area contributed by atoms with E-state index >= 15 is 0 Å². The molecule has 42 heavy (non-hydrogen) atoms. The highest BCUT2D eigenvalue weighted by Crippen LogP contribution is 2.36. The molecule has 1 fully saturated rings. The second-order valence-corrected chi connectivity index (χ2v) is 12.4. The van der Waals surface area contributed by atoms with Gasteiger partial charge in [-0.15, -0.1) is 0 Å². The van der Waals surface area contributed by atoms with Crippen molar-refractivity contribution >= 4 is 51.9 Å². The van der Waals surface area contributed by atoms with Gasteiger partial charge in [0.15, 0.2) is 0 Å². The van der Waals surface area contributed by atoms with Crippen LogP contribution in [0.4, 0.5) is 0 Å². The molecule has 8 heteroatoms. The minimum atomic E-state index is -0.0262. The van der Waals surface area contributed by atoms with Crippen molar-refractivity contribution in [1.29, 1.82) is 0 Å². The van der Waals surface area contributed by atoms with Crippen LogP contribution in [-0.2, 0) is 11.4 Å². The van der Waals surface area contributed by atoms with E-state index in [9.17, 15) is 4.79 Å². The Kier molecular flexibility index (Phi) is 10.2. The van der Waals surface area contributed by atoms with Crippen LogP contribution in [0.15, 0.2) is 90.0 Å². The SMILES string of the molecule is CCCCC(CC)CN1C(=O)/C(=C/c2cn(-c3ccccc3)nc2-c2ccc(OCc3ccccc3Cl)cc2)SC1=S. The molecule has 1 amide bonds. The van der Waals surface area contributed by atoms with E-state index in [1.54, 1.807) is 4.90 Å². The van der Waals surface area contributed by atoms with Gasteiger partial charge in [0.1, 0.15) is 16.7 Å². The molecule has 2 heterocycles. The molecule has 1 aromatic heterocycles. The highest BCUT2D eigenvalue weighted by atomic mass is 35.5. The summed E-state index contributed by atoms with van der Waals surface area (Å²) in [5.74, 6) is 1.15. The highest BCUT2D eigenvalue weighted by molar-refractivity contribution is 8.26. The van der Waals surface area contributed by atoms with E-state index in [2.05, 4.69) is 13.8 Å². The average molecular weight is 616 g/mol. The molecular formula is C34H34ClN3O2S2. The number of carbonyl (C=O) groups is 1. The molecule has 3 aromatic carbocycles. The fourth-order valence-corrected chi connectivity index (χ4v) is 6.35. The second-order valence-electron chi connectivity index (χ2n) is 10.3. The number of carbonyl (C=O) groups excluding carboxylic acids is 1. The molecule has 0 radical (unpaired) electrons. The first-order chi connectivity index (χ1) is 20.5. The number of nitrogens with zero attached hydrogens (tertiary/aromatic N) is 3. The van der Waals surface area contributed by atoms with Crippen LogP contribution in [0, 0.1) is 5.92 Å². The van der Waals surface area contributed by atoms with Gasteiger partial charge in [0.25, 0.3) is 5.91 Å². The van der Waals surface area contributed by atoms with Crippen molar-refractivity contribution in [2.75, 3.05) is 6.54 Å². The predicted octanol–water partition coefficient (Wildman–Crippen LogP) is 9.19. The highest BCUT2D eigenvalue weighted by Gasteiger charge is 2.33. The van der Waals surface area contributed by atoms with Gasteiger partial charge in [0.2, 0.25) is 0 Å². The lowest BCUT2D eigenvalue weighted by molar-refractivity contribution is -0.122. The number of thioether (sulfide) groups is 1. The van der Waals surface area contributed by atoms with Crippen LogP contribution in [0.25, 0.3) is 23.0 Å². The van der Waals surface area contributed by atoms with Gasteiger partial charge in [-0.25, -0.2) is 4.68 Å². The summed E-state index contributed by atoms with van der Waals surface area (Å²) in [7, 11) is 0. The number of amides is 1. The third-order valence-electron chi connectivity index (χ3n) is 7.39. The standard InChI is InChI=1S/C34H34ClN3O2S2/c1-3-5-11-24(4-2)21-37-33(39)31(42-34(37)41)20-27-22-38(28-13-7-6-8-14-28)36-32(27)25-16-18-29(19-17-25)40-23-26-12-9-10-15-30(26)35/h6-10,12-20,22,24H,3-5,11,21,23H2,1-2H3/b31-20-. The molecule has 0 bridgehead atoms. The smallest absolute Gasteiger partial charge is 0.266 e. The lowest BCUT2D eigenvalue weighted by Crippen LogP contribution is -2.33. The molecular weight excluding hydrogens is 582 g/mol. The Morgan fingerprint density at radius 1 is 1.02 bits per heavy atom. The maximum atomic E-state index is 13.5. The molecule has 4 aromatic rings. The Hall–Kier alpha value is -3.39. The van der Waals surface area contributed by atoms with Crippen LogP contribution in [-0.4, -0.2) is 31.5 Å². The van der Waals surface area contributed by atoms with E-state index in [0.717, 1.165) is 59.5 Å². The van der Waals surface area contributed by atoms with Crippen molar-refractivity contribution in [2.24, 2.45) is 5.92 Å². The minimum Gasteiger partial charge on any atom is -0.489 e. The molecule has 5 nitrogen and oxygen atoms in total. The number of halogens is 1. The summed E-state index contributed by atoms with van der Waals surface area (Å²) >= 11 is 13.3. The van der Waals surface area contributed by atoms with E-state index in [1.807, 2.05) is 95.8 Å². The third kappa shape index (κ3) is 7.14. The average Bonchev–Trinajstić information content (AvgIpc) is 3.55. The number of unbranched alkanes of at least 4 members (excludes halogenated alkanes) is 1. The van der Waals surface area contributed by atoms with Gasteiger partial charge in [-0.05, 0) is 60.9 Å². The van der Waals surface area contributed by atoms with Crippen molar-refractivity contribution < 1.29 is 9.53 Å². The molecule has 5 rings (SSSR count). The fraction of sp³-hybridized carbons (Fsp3) is 0.265. The first kappa shape index (κ1) is 30.1. The summed E-state index contributed by atoms with van der Waals surface area (Å²) in [4.78, 5) is 15.9. The molecule has 0 spiro atoms. The zero-order valence-electron chi connectivity index (χ0n) is 23.8. The molecule has 0 saturated carbocycles. The summed E-state index contributed by atoms with van der Waals surface area (Å²) in [6.07, 6.45) is 8.34. The second kappa shape index (κ2) is 14.2. The van der Waals surface area contributed by atoms with Gasteiger partial charge in [-0.1, -0.05) is 105 Å². The number of hydrogen-bond donors (Lipinski definition) is 0. The van der Waals surface area contributed by atoms with Gasteiger partial charge < -0.3 is 4.74 Å². The molecule has 1 atom stereocenters. The fourth-order valence-electron chi connectivity index (χ4n) is 4.89. The van der Waals surface area contributed by atoms with Gasteiger partial charge in [0.05, 0.1) is 16.3 Å². The van der Waals surface area contributed by atoms with Crippen molar-refractivity contribution in [3.05, 3.63) is 106 Å². The molecule has 216 valence electrons. The number of aromatic nitrogens is 2. The maximum absolute atomic E-state index is 13.5. The Bertz CT molecular complexity index is 1570. The molecule has 1 unspecified atom stereocenters. The van der Waals surface area contributed by atoms with Crippen LogP contribution in [0.5, 0.6) is 5.75 Å². The van der Waals surface area contributed by atoms with Crippen molar-refractivity contribution in [3.63, 3.8) is 0 Å². The van der Waals surface area contributed by atoms with Gasteiger partial charge >= 0.3 is 0 Å². The monoisotopic (exact) mass is 615 g/mol. The van der Waals surface area contributed by atoms with Crippen molar-refractivity contribution in [1.82, 2.24) is 14.7 Å². The van der Waals surface area contributed by atoms with Crippen LogP contribution in [0.2, 0.25) is 5.02 Å². The number of ether oxygens (including phenoxy) is 1. The number of para-hydroxylation sites is 1.